The van der Waals surface area contributed by atoms with Crippen LogP contribution in [0.15, 0.2) is 22.7 Å². The average molecular weight is 310 g/mol. The Labute approximate surface area is 113 Å². The maximum atomic E-state index is 11.7. The van der Waals surface area contributed by atoms with Gasteiger partial charge in [0.2, 0.25) is 5.91 Å². The fourth-order valence-corrected chi connectivity index (χ4v) is 2.39. The molecule has 0 saturated carbocycles. The van der Waals surface area contributed by atoms with Gasteiger partial charge in [-0.1, -0.05) is 15.9 Å². The van der Waals surface area contributed by atoms with E-state index in [-0.39, 0.29) is 5.91 Å². The van der Waals surface area contributed by atoms with Crippen LogP contribution in [0.3, 0.4) is 0 Å². The monoisotopic (exact) mass is 309 g/mol. The van der Waals surface area contributed by atoms with Gasteiger partial charge in [0.25, 0.3) is 0 Å². The van der Waals surface area contributed by atoms with Crippen molar-refractivity contribution in [1.82, 2.24) is 4.57 Å². The van der Waals surface area contributed by atoms with Crippen molar-refractivity contribution in [2.24, 2.45) is 0 Å². The molecule has 0 bridgehead atoms. The van der Waals surface area contributed by atoms with E-state index in [1.54, 1.807) is 11.5 Å². The quantitative estimate of drug-likeness (QED) is 0.759. The van der Waals surface area contributed by atoms with E-state index in [0.717, 1.165) is 15.4 Å². The van der Waals surface area contributed by atoms with Crippen molar-refractivity contribution in [2.75, 3.05) is 0 Å². The number of benzene rings is 1. The minimum Gasteiger partial charge on any atom is -0.424 e. The fraction of sp³-hybridized carbons (Fsp3) is 0.231. The van der Waals surface area contributed by atoms with Crippen LogP contribution in [0.4, 0.5) is 0 Å². The number of esters is 1. The van der Waals surface area contributed by atoms with E-state index in [1.807, 2.05) is 18.2 Å². The molecule has 2 aromatic rings. The van der Waals surface area contributed by atoms with E-state index < -0.39 is 5.97 Å². The molecule has 0 fully saturated rings. The number of hydrogen-bond donors (Lipinski definition) is 0. The molecule has 0 unspecified atom stereocenters. The molecule has 0 aliphatic carbocycles. The number of carbonyl (C=O) groups excluding carboxylic acids is 2. The summed E-state index contributed by atoms with van der Waals surface area (Å²) in [4.78, 5) is 22.8. The Bertz CT molecular complexity index is 658. The molecular weight excluding hydrogens is 298 g/mol. The second-order valence-corrected chi connectivity index (χ2v) is 4.94. The lowest BCUT2D eigenvalue weighted by atomic mass is 10.2. The molecule has 18 heavy (non-hydrogen) atoms. The molecule has 0 radical (unpaired) electrons. The molecule has 0 N–H and O–H groups in total. The Balaban J connectivity index is 2.82. The van der Waals surface area contributed by atoms with Crippen LogP contribution in [0.1, 0.15) is 24.3 Å². The summed E-state index contributed by atoms with van der Waals surface area (Å²) < 4.78 is 7.61. The molecule has 1 heterocycles. The lowest BCUT2D eigenvalue weighted by Crippen LogP contribution is -2.08. The van der Waals surface area contributed by atoms with Gasteiger partial charge < -0.3 is 4.74 Å². The SMILES string of the molecule is CC(=O)Oc1c(C)n(C(C)=O)c2cc(Br)ccc12. The number of rotatable bonds is 1. The Kier molecular flexibility index (Phi) is 3.26. The summed E-state index contributed by atoms with van der Waals surface area (Å²) >= 11 is 3.37. The van der Waals surface area contributed by atoms with Gasteiger partial charge >= 0.3 is 5.97 Å². The lowest BCUT2D eigenvalue weighted by molar-refractivity contribution is -0.131. The van der Waals surface area contributed by atoms with E-state index in [2.05, 4.69) is 15.9 Å². The highest BCUT2D eigenvalue weighted by molar-refractivity contribution is 9.10. The van der Waals surface area contributed by atoms with Crippen LogP contribution in [0.25, 0.3) is 10.9 Å². The second kappa shape index (κ2) is 4.57. The second-order valence-electron chi connectivity index (χ2n) is 4.02. The summed E-state index contributed by atoms with van der Waals surface area (Å²) in [6, 6.07) is 5.50. The normalized spacial score (nSPS) is 10.7. The molecule has 1 aromatic heterocycles. The number of nitrogens with zero attached hydrogens (tertiary/aromatic N) is 1. The number of hydrogen-bond acceptors (Lipinski definition) is 3. The summed E-state index contributed by atoms with van der Waals surface area (Å²) in [5.74, 6) is -0.0715. The maximum absolute atomic E-state index is 11.7. The Morgan fingerprint density at radius 2 is 1.94 bits per heavy atom. The summed E-state index contributed by atoms with van der Waals surface area (Å²) in [7, 11) is 0. The topological polar surface area (TPSA) is 48.3 Å². The number of aromatic nitrogens is 1. The molecule has 0 aliphatic heterocycles. The molecule has 0 atom stereocenters. The molecule has 0 spiro atoms. The van der Waals surface area contributed by atoms with E-state index >= 15 is 0 Å². The number of fused-ring (bicyclic) bond motifs is 1. The van der Waals surface area contributed by atoms with Gasteiger partial charge in [-0.2, -0.15) is 0 Å². The Hall–Kier alpha value is -1.62. The van der Waals surface area contributed by atoms with Crippen LogP contribution in [0.2, 0.25) is 0 Å². The maximum Gasteiger partial charge on any atom is 0.308 e. The Morgan fingerprint density at radius 3 is 2.50 bits per heavy atom. The lowest BCUT2D eigenvalue weighted by Gasteiger charge is -2.03. The number of halogens is 1. The van der Waals surface area contributed by atoms with Crippen molar-refractivity contribution in [3.63, 3.8) is 0 Å². The van der Waals surface area contributed by atoms with Crippen molar-refractivity contribution < 1.29 is 14.3 Å². The third-order valence-electron chi connectivity index (χ3n) is 2.67. The zero-order valence-corrected chi connectivity index (χ0v) is 11.9. The summed E-state index contributed by atoms with van der Waals surface area (Å²) in [5, 5.41) is 0.751. The first-order valence-electron chi connectivity index (χ1n) is 5.41. The minimum atomic E-state index is -0.399. The first-order chi connectivity index (χ1) is 8.41. The summed E-state index contributed by atoms with van der Waals surface area (Å²) in [6.07, 6.45) is 0. The summed E-state index contributed by atoms with van der Waals surface area (Å²) in [5.41, 5.74) is 1.36. The zero-order chi connectivity index (χ0) is 13.4. The molecule has 0 amide bonds. The fourth-order valence-electron chi connectivity index (χ4n) is 2.04. The van der Waals surface area contributed by atoms with E-state index in [1.165, 1.54) is 13.8 Å². The smallest absolute Gasteiger partial charge is 0.308 e. The third kappa shape index (κ3) is 2.06. The van der Waals surface area contributed by atoms with Crippen molar-refractivity contribution in [3.8, 4) is 5.75 Å². The van der Waals surface area contributed by atoms with E-state index in [4.69, 9.17) is 4.74 Å². The molecule has 2 rings (SSSR count). The van der Waals surface area contributed by atoms with Gasteiger partial charge in [0, 0.05) is 23.7 Å². The van der Waals surface area contributed by atoms with Crippen molar-refractivity contribution >= 4 is 38.7 Å². The van der Waals surface area contributed by atoms with E-state index in [9.17, 15) is 9.59 Å². The first-order valence-corrected chi connectivity index (χ1v) is 6.21. The molecule has 4 nitrogen and oxygen atoms in total. The van der Waals surface area contributed by atoms with Crippen LogP contribution in [0.5, 0.6) is 5.75 Å². The van der Waals surface area contributed by atoms with Crippen molar-refractivity contribution in [2.45, 2.75) is 20.8 Å². The predicted molar refractivity (Wildman–Crippen MR) is 72.0 cm³/mol. The van der Waals surface area contributed by atoms with Gasteiger partial charge in [-0.15, -0.1) is 0 Å². The van der Waals surface area contributed by atoms with Gasteiger partial charge in [-0.25, -0.2) is 0 Å². The van der Waals surface area contributed by atoms with Gasteiger partial charge in [-0.3, -0.25) is 14.2 Å². The van der Waals surface area contributed by atoms with Gasteiger partial charge in [-0.05, 0) is 25.1 Å². The van der Waals surface area contributed by atoms with Crippen LogP contribution in [-0.4, -0.2) is 16.4 Å². The highest BCUT2D eigenvalue weighted by atomic mass is 79.9. The zero-order valence-electron chi connectivity index (χ0n) is 10.3. The molecular formula is C13H12BrNO3. The molecule has 94 valence electrons. The minimum absolute atomic E-state index is 0.117. The number of ether oxygens (including phenoxy) is 1. The van der Waals surface area contributed by atoms with Crippen LogP contribution in [-0.2, 0) is 4.79 Å². The van der Waals surface area contributed by atoms with Gasteiger partial charge in [0.1, 0.15) is 0 Å². The first kappa shape index (κ1) is 12.8. The average Bonchev–Trinajstić information content (AvgIpc) is 2.50. The van der Waals surface area contributed by atoms with Crippen LogP contribution >= 0.6 is 15.9 Å². The van der Waals surface area contributed by atoms with Crippen molar-refractivity contribution in [3.05, 3.63) is 28.4 Å². The molecule has 5 heteroatoms. The molecule has 0 aliphatic rings. The van der Waals surface area contributed by atoms with E-state index in [0.29, 0.717) is 11.4 Å². The molecule has 1 aromatic carbocycles. The highest BCUT2D eigenvalue weighted by Crippen LogP contribution is 2.34. The Morgan fingerprint density at radius 1 is 1.28 bits per heavy atom. The van der Waals surface area contributed by atoms with Crippen LogP contribution < -0.4 is 4.74 Å². The summed E-state index contributed by atoms with van der Waals surface area (Å²) in [6.45, 7) is 4.58. The van der Waals surface area contributed by atoms with Crippen LogP contribution in [0, 0.1) is 6.92 Å². The van der Waals surface area contributed by atoms with Crippen molar-refractivity contribution in [1.29, 1.82) is 0 Å². The van der Waals surface area contributed by atoms with Gasteiger partial charge in [0.15, 0.2) is 5.75 Å². The number of carbonyl (C=O) groups is 2. The standard InChI is InChI=1S/C13H12BrNO3/c1-7-13(18-9(3)17)11-5-4-10(14)6-12(11)15(7)8(2)16/h4-6H,1-3H3. The third-order valence-corrected chi connectivity index (χ3v) is 3.16. The van der Waals surface area contributed by atoms with Gasteiger partial charge in [0.05, 0.1) is 11.2 Å². The predicted octanol–water partition coefficient (Wildman–Crippen LogP) is 3.30. The molecule has 0 saturated heterocycles. The largest absolute Gasteiger partial charge is 0.424 e. The highest BCUT2D eigenvalue weighted by Gasteiger charge is 2.19.